The number of benzene rings is 1. The topological polar surface area (TPSA) is 52.7 Å². The number of rotatable bonds is 4. The van der Waals surface area contributed by atoms with Gasteiger partial charge in [0.1, 0.15) is 0 Å². The molecule has 0 spiro atoms. The highest BCUT2D eigenvalue weighted by molar-refractivity contribution is 6.33. The van der Waals surface area contributed by atoms with Crippen molar-refractivity contribution in [3.63, 3.8) is 0 Å². The summed E-state index contributed by atoms with van der Waals surface area (Å²) in [5.41, 5.74) is 0.550. The molecule has 6 heteroatoms. The Morgan fingerprint density at radius 1 is 1.00 bits per heavy atom. The smallest absolute Gasteiger partial charge is 0.255 e. The van der Waals surface area contributed by atoms with Crippen molar-refractivity contribution in [1.82, 2.24) is 15.1 Å². The van der Waals surface area contributed by atoms with Crippen LogP contribution in [-0.4, -0.2) is 60.4 Å². The average Bonchev–Trinajstić information content (AvgIpc) is 2.91. The standard InChI is InChI=1S/C20H28ClN3O2/c21-18-10-6-5-9-17(18)20(26)24-13-11-23(12-14-24)15-19(25)22-16-7-3-1-2-4-8-16/h5-6,9-10,16H,1-4,7-8,11-15H2,(H,22,25). The van der Waals surface area contributed by atoms with E-state index in [9.17, 15) is 9.59 Å². The van der Waals surface area contributed by atoms with Gasteiger partial charge in [-0.05, 0) is 25.0 Å². The Hall–Kier alpha value is -1.59. The van der Waals surface area contributed by atoms with Crippen LogP contribution in [0.25, 0.3) is 0 Å². The highest BCUT2D eigenvalue weighted by Crippen LogP contribution is 2.19. The van der Waals surface area contributed by atoms with Crippen LogP contribution in [0, 0.1) is 0 Å². The molecule has 142 valence electrons. The van der Waals surface area contributed by atoms with Gasteiger partial charge in [0, 0.05) is 32.2 Å². The Morgan fingerprint density at radius 3 is 2.31 bits per heavy atom. The van der Waals surface area contributed by atoms with E-state index in [1.807, 2.05) is 17.0 Å². The normalized spacial score (nSPS) is 19.8. The first-order chi connectivity index (χ1) is 12.6. The van der Waals surface area contributed by atoms with E-state index in [1.165, 1.54) is 25.7 Å². The van der Waals surface area contributed by atoms with Gasteiger partial charge in [-0.15, -0.1) is 0 Å². The quantitative estimate of drug-likeness (QED) is 0.821. The summed E-state index contributed by atoms with van der Waals surface area (Å²) < 4.78 is 0. The van der Waals surface area contributed by atoms with Crippen molar-refractivity contribution in [2.75, 3.05) is 32.7 Å². The van der Waals surface area contributed by atoms with Gasteiger partial charge in [-0.2, -0.15) is 0 Å². The molecule has 1 N–H and O–H groups in total. The van der Waals surface area contributed by atoms with Gasteiger partial charge in [0.2, 0.25) is 5.91 Å². The number of piperazine rings is 1. The van der Waals surface area contributed by atoms with Crippen molar-refractivity contribution >= 4 is 23.4 Å². The zero-order valence-corrected chi connectivity index (χ0v) is 16.0. The molecule has 1 saturated carbocycles. The number of amides is 2. The van der Waals surface area contributed by atoms with Crippen LogP contribution < -0.4 is 5.32 Å². The zero-order chi connectivity index (χ0) is 18.4. The second-order valence-electron chi connectivity index (χ2n) is 7.30. The van der Waals surface area contributed by atoms with Crippen LogP contribution >= 0.6 is 11.6 Å². The molecule has 2 amide bonds. The van der Waals surface area contributed by atoms with Gasteiger partial charge in [-0.1, -0.05) is 49.4 Å². The molecule has 1 heterocycles. The van der Waals surface area contributed by atoms with E-state index in [1.54, 1.807) is 12.1 Å². The van der Waals surface area contributed by atoms with Crippen molar-refractivity contribution in [2.24, 2.45) is 0 Å². The maximum Gasteiger partial charge on any atom is 0.255 e. The molecule has 1 aromatic rings. The van der Waals surface area contributed by atoms with Crippen LogP contribution in [0.3, 0.4) is 0 Å². The molecular weight excluding hydrogens is 350 g/mol. The summed E-state index contributed by atoms with van der Waals surface area (Å²) in [6, 6.07) is 7.49. The van der Waals surface area contributed by atoms with Gasteiger partial charge in [0.25, 0.3) is 5.91 Å². The highest BCUT2D eigenvalue weighted by Gasteiger charge is 2.25. The molecule has 0 radical (unpaired) electrons. The van der Waals surface area contributed by atoms with E-state index >= 15 is 0 Å². The number of nitrogens with zero attached hydrogens (tertiary/aromatic N) is 2. The summed E-state index contributed by atoms with van der Waals surface area (Å²) in [7, 11) is 0. The summed E-state index contributed by atoms with van der Waals surface area (Å²) in [6.45, 7) is 3.11. The molecule has 2 aliphatic rings. The molecule has 1 aromatic carbocycles. The Bertz CT molecular complexity index is 621. The van der Waals surface area contributed by atoms with Crippen LogP contribution in [0.1, 0.15) is 48.9 Å². The first-order valence-electron chi connectivity index (χ1n) is 9.69. The van der Waals surface area contributed by atoms with Gasteiger partial charge in [0.15, 0.2) is 0 Å². The fourth-order valence-electron chi connectivity index (χ4n) is 3.81. The molecule has 1 saturated heterocycles. The molecule has 2 fully saturated rings. The second kappa shape index (κ2) is 9.38. The van der Waals surface area contributed by atoms with Gasteiger partial charge < -0.3 is 10.2 Å². The first kappa shape index (κ1) is 19.2. The molecule has 3 rings (SSSR count). The van der Waals surface area contributed by atoms with E-state index < -0.39 is 0 Å². The van der Waals surface area contributed by atoms with E-state index in [0.717, 1.165) is 12.8 Å². The lowest BCUT2D eigenvalue weighted by atomic mass is 10.1. The third-order valence-corrected chi connectivity index (χ3v) is 5.68. The molecule has 0 bridgehead atoms. The molecule has 26 heavy (non-hydrogen) atoms. The minimum atomic E-state index is -0.0295. The summed E-state index contributed by atoms with van der Waals surface area (Å²) in [5.74, 6) is 0.0842. The van der Waals surface area contributed by atoms with Crippen molar-refractivity contribution < 1.29 is 9.59 Å². The number of hydrogen-bond acceptors (Lipinski definition) is 3. The summed E-state index contributed by atoms with van der Waals surface area (Å²) in [4.78, 5) is 28.9. The van der Waals surface area contributed by atoms with Gasteiger partial charge >= 0.3 is 0 Å². The van der Waals surface area contributed by atoms with Crippen molar-refractivity contribution in [3.8, 4) is 0 Å². The SMILES string of the molecule is O=C(CN1CCN(C(=O)c2ccccc2Cl)CC1)NC1CCCCCC1. The average molecular weight is 378 g/mol. The number of carbonyl (C=O) groups is 2. The summed E-state index contributed by atoms with van der Waals surface area (Å²) in [6.07, 6.45) is 7.21. The Balaban J connectivity index is 1.44. The minimum absolute atomic E-state index is 0.0295. The second-order valence-corrected chi connectivity index (χ2v) is 7.71. The first-order valence-corrected chi connectivity index (χ1v) is 10.1. The van der Waals surface area contributed by atoms with Crippen LogP contribution in [0.4, 0.5) is 0 Å². The van der Waals surface area contributed by atoms with Crippen LogP contribution in [0.2, 0.25) is 5.02 Å². The van der Waals surface area contributed by atoms with E-state index in [4.69, 9.17) is 11.6 Å². The van der Waals surface area contributed by atoms with E-state index in [0.29, 0.717) is 49.4 Å². The van der Waals surface area contributed by atoms with Crippen LogP contribution in [0.15, 0.2) is 24.3 Å². The number of carbonyl (C=O) groups excluding carboxylic acids is 2. The van der Waals surface area contributed by atoms with Gasteiger partial charge in [-0.3, -0.25) is 14.5 Å². The van der Waals surface area contributed by atoms with Crippen LogP contribution in [0.5, 0.6) is 0 Å². The predicted octanol–water partition coefficient (Wildman–Crippen LogP) is 2.94. The predicted molar refractivity (Wildman–Crippen MR) is 103 cm³/mol. The fourth-order valence-corrected chi connectivity index (χ4v) is 4.03. The van der Waals surface area contributed by atoms with E-state index in [2.05, 4.69) is 10.2 Å². The lowest BCUT2D eigenvalue weighted by Crippen LogP contribution is -2.51. The summed E-state index contributed by atoms with van der Waals surface area (Å²) in [5, 5.41) is 3.68. The molecule has 1 aliphatic heterocycles. The van der Waals surface area contributed by atoms with Gasteiger partial charge in [-0.25, -0.2) is 0 Å². The zero-order valence-electron chi connectivity index (χ0n) is 15.3. The Labute approximate surface area is 160 Å². The fraction of sp³-hybridized carbons (Fsp3) is 0.600. The van der Waals surface area contributed by atoms with Crippen molar-refractivity contribution in [1.29, 1.82) is 0 Å². The molecule has 5 nitrogen and oxygen atoms in total. The maximum absolute atomic E-state index is 12.6. The third kappa shape index (κ3) is 5.21. The summed E-state index contributed by atoms with van der Waals surface area (Å²) >= 11 is 6.13. The van der Waals surface area contributed by atoms with Crippen molar-refractivity contribution in [3.05, 3.63) is 34.9 Å². The minimum Gasteiger partial charge on any atom is -0.352 e. The largest absolute Gasteiger partial charge is 0.352 e. The number of hydrogen-bond donors (Lipinski definition) is 1. The van der Waals surface area contributed by atoms with Gasteiger partial charge in [0.05, 0.1) is 17.1 Å². The monoisotopic (exact) mass is 377 g/mol. The number of halogens is 1. The molecule has 0 unspecified atom stereocenters. The molecule has 1 aliphatic carbocycles. The Morgan fingerprint density at radius 2 is 1.65 bits per heavy atom. The lowest BCUT2D eigenvalue weighted by molar-refractivity contribution is -0.123. The molecule has 0 atom stereocenters. The van der Waals surface area contributed by atoms with Crippen molar-refractivity contribution in [2.45, 2.75) is 44.6 Å². The molecular formula is C20H28ClN3O2. The van der Waals surface area contributed by atoms with E-state index in [-0.39, 0.29) is 11.8 Å². The lowest BCUT2D eigenvalue weighted by Gasteiger charge is -2.34. The highest BCUT2D eigenvalue weighted by atomic mass is 35.5. The van der Waals surface area contributed by atoms with Crippen LogP contribution in [-0.2, 0) is 4.79 Å². The molecule has 0 aromatic heterocycles. The third-order valence-electron chi connectivity index (χ3n) is 5.35. The Kier molecular flexibility index (Phi) is 6.92. The maximum atomic E-state index is 12.6. The number of nitrogens with one attached hydrogen (secondary N) is 1.